The Morgan fingerprint density at radius 2 is 2.15 bits per heavy atom. The van der Waals surface area contributed by atoms with E-state index in [1.807, 2.05) is 19.3 Å². The van der Waals surface area contributed by atoms with Gasteiger partial charge >= 0.3 is 0 Å². The molecule has 20 heavy (non-hydrogen) atoms. The number of halogens is 2. The van der Waals surface area contributed by atoms with E-state index < -0.39 is 0 Å². The monoisotopic (exact) mass is 292 g/mol. The highest BCUT2D eigenvalue weighted by Crippen LogP contribution is 2.20. The molecule has 0 saturated carbocycles. The lowest BCUT2D eigenvalue weighted by molar-refractivity contribution is 0.504. The van der Waals surface area contributed by atoms with Gasteiger partial charge in [-0.2, -0.15) is 0 Å². The minimum absolute atomic E-state index is 0.185. The zero-order valence-corrected chi connectivity index (χ0v) is 12.2. The molecular weight excluding hydrogens is 275 g/mol. The number of aromatic nitrogens is 1. The molecule has 0 aliphatic heterocycles. The van der Waals surface area contributed by atoms with Crippen LogP contribution < -0.4 is 5.32 Å². The van der Waals surface area contributed by atoms with Crippen LogP contribution in [0.2, 0.25) is 5.02 Å². The van der Waals surface area contributed by atoms with Crippen LogP contribution in [-0.2, 0) is 12.8 Å². The number of benzene rings is 1. The molecule has 0 saturated heterocycles. The summed E-state index contributed by atoms with van der Waals surface area (Å²) < 4.78 is 13.9. The zero-order valence-electron chi connectivity index (χ0n) is 11.4. The summed E-state index contributed by atoms with van der Waals surface area (Å²) in [4.78, 5) is 4.10. The lowest BCUT2D eigenvalue weighted by Gasteiger charge is -2.17. The normalized spacial score (nSPS) is 12.3. The lowest BCUT2D eigenvalue weighted by Crippen LogP contribution is -2.28. The Balaban J connectivity index is 1.97. The number of rotatable bonds is 6. The second-order valence-electron chi connectivity index (χ2n) is 4.80. The fraction of sp³-hybridized carbons (Fsp3) is 0.312. The van der Waals surface area contributed by atoms with Gasteiger partial charge in [0, 0.05) is 18.4 Å². The van der Waals surface area contributed by atoms with Crippen LogP contribution in [0.3, 0.4) is 0 Å². The Morgan fingerprint density at radius 3 is 2.85 bits per heavy atom. The molecule has 0 radical (unpaired) electrons. The average Bonchev–Trinajstić information content (AvgIpc) is 2.49. The predicted octanol–water partition coefficient (Wildman–Crippen LogP) is 3.64. The van der Waals surface area contributed by atoms with E-state index in [0.717, 1.165) is 12.8 Å². The van der Waals surface area contributed by atoms with Gasteiger partial charge in [-0.15, -0.1) is 0 Å². The SMILES string of the molecule is CNC(CCc1cccnc1)Cc1cccc(Cl)c1F. The number of hydrogen-bond acceptors (Lipinski definition) is 2. The van der Waals surface area contributed by atoms with Crippen LogP contribution in [0, 0.1) is 5.82 Å². The highest BCUT2D eigenvalue weighted by molar-refractivity contribution is 6.30. The Kier molecular flexibility index (Phi) is 5.50. The van der Waals surface area contributed by atoms with Gasteiger partial charge in [-0.1, -0.05) is 29.8 Å². The number of likely N-dealkylation sites (N-methyl/N-ethyl adjacent to an activating group) is 1. The molecule has 1 aromatic carbocycles. The smallest absolute Gasteiger partial charge is 0.145 e. The Labute approximate surface area is 124 Å². The Bertz CT molecular complexity index is 545. The molecule has 1 aromatic heterocycles. The molecule has 0 spiro atoms. The third-order valence-electron chi connectivity index (χ3n) is 3.41. The van der Waals surface area contributed by atoms with E-state index in [-0.39, 0.29) is 16.9 Å². The molecule has 4 heteroatoms. The molecule has 1 atom stereocenters. The molecule has 0 aliphatic rings. The fourth-order valence-corrected chi connectivity index (χ4v) is 2.40. The van der Waals surface area contributed by atoms with Gasteiger partial charge in [0.25, 0.3) is 0 Å². The van der Waals surface area contributed by atoms with E-state index in [0.29, 0.717) is 12.0 Å². The van der Waals surface area contributed by atoms with Crippen LogP contribution in [0.15, 0.2) is 42.7 Å². The molecule has 2 rings (SSSR count). The summed E-state index contributed by atoms with van der Waals surface area (Å²) >= 11 is 5.81. The molecule has 0 amide bonds. The number of nitrogens with zero attached hydrogens (tertiary/aromatic N) is 1. The van der Waals surface area contributed by atoms with Crippen molar-refractivity contribution >= 4 is 11.6 Å². The predicted molar refractivity (Wildman–Crippen MR) is 80.5 cm³/mol. The fourth-order valence-electron chi connectivity index (χ4n) is 2.21. The molecule has 2 nitrogen and oxygen atoms in total. The maximum absolute atomic E-state index is 13.9. The molecular formula is C16H18ClFN2. The van der Waals surface area contributed by atoms with Crippen molar-refractivity contribution in [3.63, 3.8) is 0 Å². The van der Waals surface area contributed by atoms with Gasteiger partial charge in [0.1, 0.15) is 5.82 Å². The first-order valence-electron chi connectivity index (χ1n) is 6.69. The summed E-state index contributed by atoms with van der Waals surface area (Å²) in [5, 5.41) is 3.42. The van der Waals surface area contributed by atoms with Crippen LogP contribution >= 0.6 is 11.6 Å². The van der Waals surface area contributed by atoms with Crippen molar-refractivity contribution in [1.82, 2.24) is 10.3 Å². The van der Waals surface area contributed by atoms with Crippen LogP contribution in [0.4, 0.5) is 4.39 Å². The number of aryl methyl sites for hydroxylation is 1. The van der Waals surface area contributed by atoms with Crippen LogP contribution in [0.5, 0.6) is 0 Å². The van der Waals surface area contributed by atoms with Crippen LogP contribution in [0.25, 0.3) is 0 Å². The third kappa shape index (κ3) is 4.02. The van der Waals surface area contributed by atoms with Gasteiger partial charge in [-0.3, -0.25) is 4.98 Å². The van der Waals surface area contributed by atoms with Crippen molar-refractivity contribution in [2.24, 2.45) is 0 Å². The van der Waals surface area contributed by atoms with E-state index in [2.05, 4.69) is 16.4 Å². The summed E-state index contributed by atoms with van der Waals surface area (Å²) in [5.41, 5.74) is 1.85. The van der Waals surface area contributed by atoms with Crippen molar-refractivity contribution in [3.8, 4) is 0 Å². The largest absolute Gasteiger partial charge is 0.317 e. The van der Waals surface area contributed by atoms with Gasteiger partial charge in [0.15, 0.2) is 0 Å². The Morgan fingerprint density at radius 1 is 1.30 bits per heavy atom. The zero-order chi connectivity index (χ0) is 14.4. The molecule has 2 aromatic rings. The third-order valence-corrected chi connectivity index (χ3v) is 3.70. The van der Waals surface area contributed by atoms with Crippen molar-refractivity contribution in [2.45, 2.75) is 25.3 Å². The molecule has 1 unspecified atom stereocenters. The Hall–Kier alpha value is -1.45. The van der Waals surface area contributed by atoms with Crippen molar-refractivity contribution in [2.75, 3.05) is 7.05 Å². The molecule has 0 bridgehead atoms. The van der Waals surface area contributed by atoms with Crippen LogP contribution in [0.1, 0.15) is 17.5 Å². The summed E-state index contributed by atoms with van der Waals surface area (Å²) in [6.45, 7) is 0. The summed E-state index contributed by atoms with van der Waals surface area (Å²) in [6.07, 6.45) is 6.10. The standard InChI is InChI=1S/C16H18ClFN2/c1-19-14(8-7-12-4-3-9-20-11-12)10-13-5-2-6-15(17)16(13)18/h2-6,9,11,14,19H,7-8,10H2,1H3. The summed E-state index contributed by atoms with van der Waals surface area (Å²) in [7, 11) is 1.90. The second-order valence-corrected chi connectivity index (χ2v) is 5.21. The van der Waals surface area contributed by atoms with E-state index in [4.69, 9.17) is 11.6 Å². The quantitative estimate of drug-likeness (QED) is 0.879. The minimum Gasteiger partial charge on any atom is -0.317 e. The van der Waals surface area contributed by atoms with Gasteiger partial charge in [-0.05, 0) is 49.6 Å². The summed E-state index contributed by atoms with van der Waals surface area (Å²) in [5.74, 6) is -0.309. The minimum atomic E-state index is -0.309. The molecule has 1 heterocycles. The topological polar surface area (TPSA) is 24.9 Å². The van der Waals surface area contributed by atoms with Gasteiger partial charge < -0.3 is 5.32 Å². The number of hydrogen-bond donors (Lipinski definition) is 1. The lowest BCUT2D eigenvalue weighted by atomic mass is 9.99. The molecule has 106 valence electrons. The number of pyridine rings is 1. The highest BCUT2D eigenvalue weighted by atomic mass is 35.5. The van der Waals surface area contributed by atoms with Gasteiger partial charge in [-0.25, -0.2) is 4.39 Å². The van der Waals surface area contributed by atoms with E-state index >= 15 is 0 Å². The van der Waals surface area contributed by atoms with Crippen LogP contribution in [-0.4, -0.2) is 18.1 Å². The molecule has 0 fully saturated rings. The first-order chi connectivity index (χ1) is 9.70. The van der Waals surface area contributed by atoms with Crippen molar-refractivity contribution < 1.29 is 4.39 Å². The van der Waals surface area contributed by atoms with Crippen molar-refractivity contribution in [1.29, 1.82) is 0 Å². The van der Waals surface area contributed by atoms with Gasteiger partial charge in [0.05, 0.1) is 5.02 Å². The second kappa shape index (κ2) is 7.36. The van der Waals surface area contributed by atoms with Gasteiger partial charge in [0.2, 0.25) is 0 Å². The van der Waals surface area contributed by atoms with E-state index in [1.165, 1.54) is 5.56 Å². The maximum Gasteiger partial charge on any atom is 0.145 e. The van der Waals surface area contributed by atoms with E-state index in [1.54, 1.807) is 24.4 Å². The number of nitrogens with one attached hydrogen (secondary N) is 1. The maximum atomic E-state index is 13.9. The molecule has 1 N–H and O–H groups in total. The van der Waals surface area contributed by atoms with Crippen molar-refractivity contribution in [3.05, 3.63) is 64.7 Å². The first kappa shape index (κ1) is 14.9. The average molecular weight is 293 g/mol. The highest BCUT2D eigenvalue weighted by Gasteiger charge is 2.12. The first-order valence-corrected chi connectivity index (χ1v) is 7.07. The van der Waals surface area contributed by atoms with E-state index in [9.17, 15) is 4.39 Å². The summed E-state index contributed by atoms with van der Waals surface area (Å²) in [6, 6.07) is 9.34. The molecule has 0 aliphatic carbocycles.